The van der Waals surface area contributed by atoms with Crippen LogP contribution in [-0.2, 0) is 13.1 Å². The quantitative estimate of drug-likeness (QED) is 0.715. The van der Waals surface area contributed by atoms with Crippen LogP contribution in [-0.4, -0.2) is 52.2 Å². The maximum absolute atomic E-state index is 9.50. The van der Waals surface area contributed by atoms with Gasteiger partial charge in [0, 0.05) is 50.0 Å². The van der Waals surface area contributed by atoms with E-state index in [-0.39, 0.29) is 6.61 Å². The number of rotatable bonds is 6. The number of hydrogen-bond acceptors (Lipinski definition) is 4. The van der Waals surface area contributed by atoms with E-state index in [4.69, 9.17) is 4.42 Å². The highest BCUT2D eigenvalue weighted by molar-refractivity contribution is 5.80. The predicted molar refractivity (Wildman–Crippen MR) is 103 cm³/mol. The second kappa shape index (κ2) is 7.66. The van der Waals surface area contributed by atoms with Gasteiger partial charge in [-0.25, -0.2) is 0 Å². The van der Waals surface area contributed by atoms with Gasteiger partial charge in [0.15, 0.2) is 0 Å². The summed E-state index contributed by atoms with van der Waals surface area (Å²) < 4.78 is 5.75. The average Bonchev–Trinajstić information content (AvgIpc) is 3.22. The molecule has 0 radical (unpaired) electrons. The van der Waals surface area contributed by atoms with Crippen molar-refractivity contribution >= 4 is 10.9 Å². The van der Waals surface area contributed by atoms with E-state index < -0.39 is 0 Å². The summed E-state index contributed by atoms with van der Waals surface area (Å²) >= 11 is 0. The first kappa shape index (κ1) is 17.3. The number of para-hydroxylation sites is 1. The minimum Gasteiger partial charge on any atom is -0.465 e. The summed E-state index contributed by atoms with van der Waals surface area (Å²) in [5, 5.41) is 10.8. The highest BCUT2D eigenvalue weighted by Crippen LogP contribution is 2.21. The first-order valence-corrected chi connectivity index (χ1v) is 9.40. The van der Waals surface area contributed by atoms with Crippen molar-refractivity contribution in [2.24, 2.45) is 0 Å². The van der Waals surface area contributed by atoms with Crippen molar-refractivity contribution in [1.29, 1.82) is 0 Å². The second-order valence-electron chi connectivity index (χ2n) is 7.27. The zero-order valence-electron chi connectivity index (χ0n) is 15.3. The number of aliphatic hydroxyl groups excluding tert-OH is 1. The number of aryl methyl sites for hydroxylation is 1. The topological polar surface area (TPSA) is 55.6 Å². The molecule has 0 amide bonds. The van der Waals surface area contributed by atoms with Crippen molar-refractivity contribution in [1.82, 2.24) is 14.8 Å². The number of aliphatic hydroxyl groups is 1. The second-order valence-corrected chi connectivity index (χ2v) is 7.27. The molecule has 1 aromatic carbocycles. The molecule has 2 aromatic heterocycles. The number of aromatic nitrogens is 1. The smallest absolute Gasteiger partial charge is 0.118 e. The zero-order chi connectivity index (χ0) is 17.9. The lowest BCUT2D eigenvalue weighted by Gasteiger charge is -2.41. The average molecular weight is 353 g/mol. The Hall–Kier alpha value is -2.08. The lowest BCUT2D eigenvalue weighted by molar-refractivity contribution is 0.0450. The molecule has 5 heteroatoms. The van der Waals surface area contributed by atoms with Gasteiger partial charge < -0.3 is 14.5 Å². The summed E-state index contributed by atoms with van der Waals surface area (Å²) in [5.74, 6) is 1.96. The van der Waals surface area contributed by atoms with Gasteiger partial charge in [0.2, 0.25) is 0 Å². The van der Waals surface area contributed by atoms with Gasteiger partial charge >= 0.3 is 0 Å². The molecule has 1 atom stereocenters. The largest absolute Gasteiger partial charge is 0.465 e. The Kier molecular flexibility index (Phi) is 5.11. The van der Waals surface area contributed by atoms with Crippen LogP contribution in [0.2, 0.25) is 0 Å². The van der Waals surface area contributed by atoms with Crippen molar-refractivity contribution in [2.75, 3.05) is 26.2 Å². The zero-order valence-corrected chi connectivity index (χ0v) is 15.3. The molecular formula is C21H27N3O2. The summed E-state index contributed by atoms with van der Waals surface area (Å²) in [4.78, 5) is 8.45. The summed E-state index contributed by atoms with van der Waals surface area (Å²) in [6.07, 6.45) is 0.795. The number of H-pyrrole nitrogens is 1. The van der Waals surface area contributed by atoms with Crippen molar-refractivity contribution in [3.63, 3.8) is 0 Å². The third kappa shape index (κ3) is 3.85. The van der Waals surface area contributed by atoms with E-state index in [9.17, 15) is 5.11 Å². The van der Waals surface area contributed by atoms with Crippen LogP contribution in [0, 0.1) is 6.92 Å². The van der Waals surface area contributed by atoms with Gasteiger partial charge in [-0.1, -0.05) is 18.2 Å². The van der Waals surface area contributed by atoms with Crippen LogP contribution in [0.1, 0.15) is 23.6 Å². The molecule has 138 valence electrons. The van der Waals surface area contributed by atoms with Crippen LogP contribution in [0.5, 0.6) is 0 Å². The molecule has 1 unspecified atom stereocenters. The van der Waals surface area contributed by atoms with Gasteiger partial charge in [-0.15, -0.1) is 0 Å². The third-order valence-electron chi connectivity index (χ3n) is 5.29. The fourth-order valence-electron chi connectivity index (χ4n) is 3.96. The summed E-state index contributed by atoms with van der Waals surface area (Å²) in [5.41, 5.74) is 2.45. The first-order valence-electron chi connectivity index (χ1n) is 9.40. The van der Waals surface area contributed by atoms with Crippen LogP contribution in [0.3, 0.4) is 0 Å². The van der Waals surface area contributed by atoms with Crippen molar-refractivity contribution in [3.8, 4) is 0 Å². The molecule has 3 aromatic rings. The van der Waals surface area contributed by atoms with E-state index >= 15 is 0 Å². The predicted octanol–water partition coefficient (Wildman–Crippen LogP) is 3.14. The number of fused-ring (bicyclic) bond motifs is 1. The Morgan fingerprint density at radius 1 is 1.15 bits per heavy atom. The molecule has 4 rings (SSSR count). The van der Waals surface area contributed by atoms with Crippen LogP contribution in [0.4, 0.5) is 0 Å². The van der Waals surface area contributed by atoms with E-state index in [2.05, 4.69) is 51.2 Å². The van der Waals surface area contributed by atoms with E-state index in [1.54, 1.807) is 0 Å². The van der Waals surface area contributed by atoms with E-state index in [0.717, 1.165) is 50.7 Å². The molecule has 1 saturated heterocycles. The Morgan fingerprint density at radius 3 is 2.81 bits per heavy atom. The summed E-state index contributed by atoms with van der Waals surface area (Å²) in [6.45, 7) is 6.92. The fraction of sp³-hybridized carbons (Fsp3) is 0.429. The summed E-state index contributed by atoms with van der Waals surface area (Å²) in [6, 6.07) is 15.1. The van der Waals surface area contributed by atoms with Gasteiger partial charge in [-0.05, 0) is 43.0 Å². The standard InChI is InChI=1S/C21H27N3O2/c1-16-6-7-20(26-16)15-24-10-9-23(14-19(24)8-11-25)13-18-12-17-4-2-3-5-21(17)22-18/h2-7,12,19,22,25H,8-11,13-15H2,1H3. The normalized spacial score (nSPS) is 19.4. The molecule has 0 saturated carbocycles. The number of nitrogens with one attached hydrogen (secondary N) is 1. The third-order valence-corrected chi connectivity index (χ3v) is 5.29. The molecular weight excluding hydrogens is 326 g/mol. The van der Waals surface area contributed by atoms with Crippen LogP contribution >= 0.6 is 0 Å². The molecule has 0 spiro atoms. The number of hydrogen-bond donors (Lipinski definition) is 2. The molecule has 1 aliphatic rings. The Morgan fingerprint density at radius 2 is 2.04 bits per heavy atom. The highest BCUT2D eigenvalue weighted by atomic mass is 16.3. The molecule has 3 heterocycles. The van der Waals surface area contributed by atoms with E-state index in [0.29, 0.717) is 6.04 Å². The number of benzene rings is 1. The van der Waals surface area contributed by atoms with E-state index in [1.807, 2.05) is 13.0 Å². The minimum atomic E-state index is 0.221. The Labute approximate surface area is 154 Å². The number of piperazine rings is 1. The van der Waals surface area contributed by atoms with Gasteiger partial charge in [-0.3, -0.25) is 9.80 Å². The molecule has 5 nitrogen and oxygen atoms in total. The number of furan rings is 1. The highest BCUT2D eigenvalue weighted by Gasteiger charge is 2.27. The number of nitrogens with zero attached hydrogens (tertiary/aromatic N) is 2. The van der Waals surface area contributed by atoms with Gasteiger partial charge in [0.1, 0.15) is 11.5 Å². The van der Waals surface area contributed by atoms with Gasteiger partial charge in [0.25, 0.3) is 0 Å². The maximum atomic E-state index is 9.50. The molecule has 26 heavy (non-hydrogen) atoms. The minimum absolute atomic E-state index is 0.221. The van der Waals surface area contributed by atoms with Crippen LogP contribution in [0.25, 0.3) is 10.9 Å². The maximum Gasteiger partial charge on any atom is 0.118 e. The van der Waals surface area contributed by atoms with E-state index in [1.165, 1.54) is 16.6 Å². The summed E-state index contributed by atoms with van der Waals surface area (Å²) in [7, 11) is 0. The van der Waals surface area contributed by atoms with Gasteiger partial charge in [-0.2, -0.15) is 0 Å². The first-order chi connectivity index (χ1) is 12.7. The lowest BCUT2D eigenvalue weighted by Crippen LogP contribution is -2.52. The monoisotopic (exact) mass is 353 g/mol. The fourth-order valence-corrected chi connectivity index (χ4v) is 3.96. The van der Waals surface area contributed by atoms with Crippen LogP contribution < -0.4 is 0 Å². The Balaban J connectivity index is 1.41. The van der Waals surface area contributed by atoms with Gasteiger partial charge in [0.05, 0.1) is 6.54 Å². The Bertz CT molecular complexity index is 821. The lowest BCUT2D eigenvalue weighted by atomic mass is 10.1. The molecule has 1 aliphatic heterocycles. The van der Waals surface area contributed by atoms with Crippen molar-refractivity contribution < 1.29 is 9.52 Å². The molecule has 2 N–H and O–H groups in total. The number of aromatic amines is 1. The van der Waals surface area contributed by atoms with Crippen molar-refractivity contribution in [3.05, 3.63) is 59.7 Å². The molecule has 0 aliphatic carbocycles. The SMILES string of the molecule is Cc1ccc(CN2CCN(Cc3cc4ccccc4[nH]3)CC2CCO)o1. The van der Waals surface area contributed by atoms with Crippen LogP contribution in [0.15, 0.2) is 46.9 Å². The molecule has 1 fully saturated rings. The molecule has 0 bridgehead atoms. The van der Waals surface area contributed by atoms with Crippen molar-refractivity contribution in [2.45, 2.75) is 32.5 Å².